The van der Waals surface area contributed by atoms with E-state index in [9.17, 15) is 0 Å². The monoisotopic (exact) mass is 281 g/mol. The average molecular weight is 281 g/mol. The fraction of sp³-hybridized carbons (Fsp3) is 1.00. The molecule has 20 heavy (non-hydrogen) atoms. The Labute approximate surface area is 125 Å². The molecule has 0 aromatic carbocycles. The molecule has 0 amide bonds. The van der Waals surface area contributed by atoms with Crippen molar-refractivity contribution in [1.29, 1.82) is 0 Å². The summed E-state index contributed by atoms with van der Waals surface area (Å²) in [5, 5.41) is 7.58. The molecule has 3 nitrogen and oxygen atoms in total. The molecule has 0 spiro atoms. The Hall–Kier alpha value is -0.120. The maximum Gasteiger partial charge on any atom is 0.0112 e. The van der Waals surface area contributed by atoms with Crippen molar-refractivity contribution in [3.8, 4) is 0 Å². The lowest BCUT2D eigenvalue weighted by molar-refractivity contribution is 0.171. The molecule has 0 bridgehead atoms. The highest BCUT2D eigenvalue weighted by Gasteiger charge is 2.34. The van der Waals surface area contributed by atoms with Gasteiger partial charge in [-0.2, -0.15) is 0 Å². The summed E-state index contributed by atoms with van der Waals surface area (Å²) in [6.45, 7) is 12.8. The van der Waals surface area contributed by atoms with Gasteiger partial charge in [0.2, 0.25) is 0 Å². The lowest BCUT2D eigenvalue weighted by Gasteiger charge is -2.32. The molecule has 3 unspecified atom stereocenters. The van der Waals surface area contributed by atoms with Crippen LogP contribution in [0.25, 0.3) is 0 Å². The summed E-state index contributed by atoms with van der Waals surface area (Å²) in [6, 6.07) is 2.84. The standard InChI is InChI=1S/C17H35N3/c1-13(2)20(14(3)4)12-11-19-16-8-5-7-15(16)17-9-6-10-18-17/h13-19H,5-12H2,1-4H3. The molecule has 3 atom stereocenters. The van der Waals surface area contributed by atoms with Crippen LogP contribution in [0, 0.1) is 5.92 Å². The van der Waals surface area contributed by atoms with E-state index in [-0.39, 0.29) is 0 Å². The molecule has 1 saturated carbocycles. The van der Waals surface area contributed by atoms with Gasteiger partial charge in [-0.15, -0.1) is 0 Å². The fourth-order valence-corrected chi connectivity index (χ4v) is 4.29. The van der Waals surface area contributed by atoms with Gasteiger partial charge in [-0.1, -0.05) is 6.42 Å². The molecule has 1 heterocycles. The zero-order valence-electron chi connectivity index (χ0n) is 14.0. The lowest BCUT2D eigenvalue weighted by Crippen LogP contribution is -2.46. The van der Waals surface area contributed by atoms with Crippen LogP contribution in [-0.4, -0.2) is 48.7 Å². The molecular weight excluding hydrogens is 246 g/mol. The molecule has 1 aliphatic heterocycles. The van der Waals surface area contributed by atoms with E-state index in [0.717, 1.165) is 24.5 Å². The first-order chi connectivity index (χ1) is 9.59. The van der Waals surface area contributed by atoms with Gasteiger partial charge in [0.1, 0.15) is 0 Å². The molecule has 2 aliphatic rings. The molecule has 2 fully saturated rings. The predicted molar refractivity (Wildman–Crippen MR) is 87.1 cm³/mol. The second-order valence-corrected chi connectivity index (χ2v) is 7.28. The summed E-state index contributed by atoms with van der Waals surface area (Å²) in [5.41, 5.74) is 0. The van der Waals surface area contributed by atoms with Crippen LogP contribution >= 0.6 is 0 Å². The third kappa shape index (κ3) is 4.19. The smallest absolute Gasteiger partial charge is 0.0112 e. The van der Waals surface area contributed by atoms with Crippen LogP contribution in [0.4, 0.5) is 0 Å². The van der Waals surface area contributed by atoms with E-state index < -0.39 is 0 Å². The molecule has 3 heteroatoms. The molecule has 1 saturated heterocycles. The minimum absolute atomic E-state index is 0.646. The van der Waals surface area contributed by atoms with Gasteiger partial charge >= 0.3 is 0 Å². The third-order valence-electron chi connectivity index (χ3n) is 5.29. The second-order valence-electron chi connectivity index (χ2n) is 7.28. The van der Waals surface area contributed by atoms with Crippen LogP contribution < -0.4 is 10.6 Å². The van der Waals surface area contributed by atoms with E-state index in [1.165, 1.54) is 45.2 Å². The Kier molecular flexibility index (Phi) is 6.31. The van der Waals surface area contributed by atoms with Crippen molar-refractivity contribution in [2.75, 3.05) is 19.6 Å². The van der Waals surface area contributed by atoms with Crippen LogP contribution in [0.3, 0.4) is 0 Å². The van der Waals surface area contributed by atoms with Gasteiger partial charge < -0.3 is 10.6 Å². The summed E-state index contributed by atoms with van der Waals surface area (Å²) >= 11 is 0. The van der Waals surface area contributed by atoms with Gasteiger partial charge in [-0.25, -0.2) is 0 Å². The quantitative estimate of drug-likeness (QED) is 0.751. The number of hydrogen-bond acceptors (Lipinski definition) is 3. The van der Waals surface area contributed by atoms with Gasteiger partial charge in [0.15, 0.2) is 0 Å². The molecular formula is C17H35N3. The van der Waals surface area contributed by atoms with E-state index in [2.05, 4.69) is 43.2 Å². The topological polar surface area (TPSA) is 27.3 Å². The summed E-state index contributed by atoms with van der Waals surface area (Å²) in [5.74, 6) is 0.879. The number of rotatable bonds is 7. The molecule has 118 valence electrons. The SMILES string of the molecule is CC(C)N(CCNC1CCCC1C1CCCN1)C(C)C. The van der Waals surface area contributed by atoms with Crippen LogP contribution in [0.15, 0.2) is 0 Å². The van der Waals surface area contributed by atoms with E-state index >= 15 is 0 Å². The Bertz CT molecular complexity index is 263. The minimum atomic E-state index is 0.646. The van der Waals surface area contributed by atoms with Crippen LogP contribution in [0.1, 0.15) is 59.8 Å². The van der Waals surface area contributed by atoms with Crippen molar-refractivity contribution in [2.45, 2.75) is 84.0 Å². The van der Waals surface area contributed by atoms with E-state index in [4.69, 9.17) is 0 Å². The van der Waals surface area contributed by atoms with Crippen molar-refractivity contribution in [3.05, 3.63) is 0 Å². The Morgan fingerprint density at radius 2 is 1.80 bits per heavy atom. The van der Waals surface area contributed by atoms with E-state index in [0.29, 0.717) is 12.1 Å². The van der Waals surface area contributed by atoms with Crippen molar-refractivity contribution < 1.29 is 0 Å². The zero-order chi connectivity index (χ0) is 14.5. The first-order valence-electron chi connectivity index (χ1n) is 8.82. The summed E-state index contributed by atoms with van der Waals surface area (Å²) in [4.78, 5) is 2.59. The van der Waals surface area contributed by atoms with Gasteiger partial charge in [-0.3, -0.25) is 4.90 Å². The summed E-state index contributed by atoms with van der Waals surface area (Å²) in [7, 11) is 0. The normalized spacial score (nSPS) is 31.1. The maximum atomic E-state index is 3.87. The number of nitrogens with zero attached hydrogens (tertiary/aromatic N) is 1. The van der Waals surface area contributed by atoms with Crippen molar-refractivity contribution in [2.24, 2.45) is 5.92 Å². The summed E-state index contributed by atoms with van der Waals surface area (Å²) < 4.78 is 0. The molecule has 2 N–H and O–H groups in total. The van der Waals surface area contributed by atoms with Gasteiger partial charge in [-0.05, 0) is 65.8 Å². The highest BCUT2D eigenvalue weighted by atomic mass is 15.2. The molecule has 1 aliphatic carbocycles. The summed E-state index contributed by atoms with van der Waals surface area (Å²) in [6.07, 6.45) is 6.99. The second kappa shape index (κ2) is 7.77. The Morgan fingerprint density at radius 3 is 2.40 bits per heavy atom. The molecule has 2 rings (SSSR count). The highest BCUT2D eigenvalue weighted by molar-refractivity contribution is 4.93. The number of hydrogen-bond donors (Lipinski definition) is 2. The Balaban J connectivity index is 1.75. The highest BCUT2D eigenvalue weighted by Crippen LogP contribution is 2.31. The van der Waals surface area contributed by atoms with Crippen molar-refractivity contribution in [1.82, 2.24) is 15.5 Å². The van der Waals surface area contributed by atoms with Gasteiger partial charge in [0.25, 0.3) is 0 Å². The largest absolute Gasteiger partial charge is 0.314 e. The fourth-order valence-electron chi connectivity index (χ4n) is 4.29. The Morgan fingerprint density at radius 1 is 1.05 bits per heavy atom. The minimum Gasteiger partial charge on any atom is -0.314 e. The molecule has 0 aromatic rings. The lowest BCUT2D eigenvalue weighted by atomic mass is 9.93. The van der Waals surface area contributed by atoms with E-state index in [1.807, 2.05) is 0 Å². The zero-order valence-corrected chi connectivity index (χ0v) is 14.0. The first kappa shape index (κ1) is 16.3. The van der Waals surface area contributed by atoms with Crippen LogP contribution in [-0.2, 0) is 0 Å². The maximum absolute atomic E-state index is 3.87. The van der Waals surface area contributed by atoms with Crippen molar-refractivity contribution >= 4 is 0 Å². The average Bonchev–Trinajstić information content (AvgIpc) is 3.03. The number of nitrogens with one attached hydrogen (secondary N) is 2. The van der Waals surface area contributed by atoms with E-state index in [1.54, 1.807) is 0 Å². The van der Waals surface area contributed by atoms with Gasteiger partial charge in [0.05, 0.1) is 0 Å². The van der Waals surface area contributed by atoms with Crippen molar-refractivity contribution in [3.63, 3.8) is 0 Å². The first-order valence-corrected chi connectivity index (χ1v) is 8.82. The van der Waals surface area contributed by atoms with Crippen LogP contribution in [0.2, 0.25) is 0 Å². The van der Waals surface area contributed by atoms with Crippen LogP contribution in [0.5, 0.6) is 0 Å². The molecule has 0 radical (unpaired) electrons. The van der Waals surface area contributed by atoms with Gasteiger partial charge in [0, 0.05) is 37.3 Å². The third-order valence-corrected chi connectivity index (χ3v) is 5.29. The molecule has 0 aromatic heterocycles. The predicted octanol–water partition coefficient (Wildman–Crippen LogP) is 2.62.